The summed E-state index contributed by atoms with van der Waals surface area (Å²) in [4.78, 5) is 11.3. The van der Waals surface area contributed by atoms with Crippen LogP contribution >= 0.6 is 23.2 Å². The molecule has 1 unspecified atom stereocenters. The Morgan fingerprint density at radius 2 is 2.27 bits per heavy atom. The third-order valence-electron chi connectivity index (χ3n) is 2.05. The highest BCUT2D eigenvalue weighted by molar-refractivity contribution is 6.30. The van der Waals surface area contributed by atoms with E-state index in [-0.39, 0.29) is 11.9 Å². The van der Waals surface area contributed by atoms with Crippen molar-refractivity contribution in [1.29, 1.82) is 0 Å². The van der Waals surface area contributed by atoms with Gasteiger partial charge in [0.15, 0.2) is 0 Å². The van der Waals surface area contributed by atoms with E-state index < -0.39 is 0 Å². The Kier molecular flexibility index (Phi) is 4.92. The van der Waals surface area contributed by atoms with Gasteiger partial charge in [0.2, 0.25) is 5.91 Å². The number of alkyl halides is 1. The van der Waals surface area contributed by atoms with Crippen LogP contribution in [0.25, 0.3) is 0 Å². The van der Waals surface area contributed by atoms with Crippen molar-refractivity contribution in [3.63, 3.8) is 0 Å². The zero-order chi connectivity index (χ0) is 11.3. The van der Waals surface area contributed by atoms with Crippen LogP contribution in [0, 0.1) is 0 Å². The first-order valence-electron chi connectivity index (χ1n) is 4.74. The first kappa shape index (κ1) is 12.3. The molecule has 82 valence electrons. The maximum atomic E-state index is 11.3. The summed E-state index contributed by atoms with van der Waals surface area (Å²) in [6.45, 7) is 1.91. The number of amides is 1. The zero-order valence-electron chi connectivity index (χ0n) is 8.47. The van der Waals surface area contributed by atoms with Crippen LogP contribution in [0.15, 0.2) is 24.3 Å². The quantitative estimate of drug-likeness (QED) is 0.812. The van der Waals surface area contributed by atoms with Gasteiger partial charge in [0.05, 0.1) is 6.04 Å². The average Bonchev–Trinajstić information content (AvgIpc) is 2.18. The molecule has 0 spiro atoms. The highest BCUT2D eigenvalue weighted by atomic mass is 35.5. The Morgan fingerprint density at radius 3 is 2.87 bits per heavy atom. The highest BCUT2D eigenvalue weighted by Crippen LogP contribution is 2.17. The van der Waals surface area contributed by atoms with E-state index in [4.69, 9.17) is 23.2 Å². The maximum absolute atomic E-state index is 11.3. The third kappa shape index (κ3) is 4.10. The summed E-state index contributed by atoms with van der Waals surface area (Å²) in [5.41, 5.74) is 0.991. The molecule has 1 rings (SSSR count). The van der Waals surface area contributed by atoms with Crippen LogP contribution in [-0.2, 0) is 4.79 Å². The SMILES string of the molecule is CC(NC(=O)CCCl)c1cccc(Cl)c1. The van der Waals surface area contributed by atoms with Crippen LogP contribution in [-0.4, -0.2) is 11.8 Å². The fourth-order valence-corrected chi connectivity index (χ4v) is 1.63. The molecule has 1 aromatic carbocycles. The number of hydrogen-bond donors (Lipinski definition) is 1. The van der Waals surface area contributed by atoms with Gasteiger partial charge in [-0.25, -0.2) is 0 Å². The van der Waals surface area contributed by atoms with Gasteiger partial charge >= 0.3 is 0 Å². The van der Waals surface area contributed by atoms with E-state index in [1.807, 2.05) is 25.1 Å². The monoisotopic (exact) mass is 245 g/mol. The van der Waals surface area contributed by atoms with E-state index in [0.29, 0.717) is 17.3 Å². The first-order chi connectivity index (χ1) is 7.13. The molecule has 0 radical (unpaired) electrons. The van der Waals surface area contributed by atoms with E-state index in [0.717, 1.165) is 5.56 Å². The van der Waals surface area contributed by atoms with Crippen molar-refractivity contribution in [2.45, 2.75) is 19.4 Å². The van der Waals surface area contributed by atoms with Crippen molar-refractivity contribution in [3.8, 4) is 0 Å². The Bertz CT molecular complexity index is 341. The molecule has 0 bridgehead atoms. The second-order valence-corrected chi connectivity index (χ2v) is 4.10. The molecule has 1 aromatic rings. The molecule has 1 N–H and O–H groups in total. The van der Waals surface area contributed by atoms with Crippen LogP contribution in [0.4, 0.5) is 0 Å². The molecule has 0 aliphatic carbocycles. The van der Waals surface area contributed by atoms with E-state index >= 15 is 0 Å². The molecule has 4 heteroatoms. The van der Waals surface area contributed by atoms with Crippen molar-refractivity contribution < 1.29 is 4.79 Å². The summed E-state index contributed by atoms with van der Waals surface area (Å²) in [7, 11) is 0. The summed E-state index contributed by atoms with van der Waals surface area (Å²) < 4.78 is 0. The van der Waals surface area contributed by atoms with Gasteiger partial charge in [0, 0.05) is 17.3 Å². The van der Waals surface area contributed by atoms with Gasteiger partial charge in [-0.05, 0) is 24.6 Å². The van der Waals surface area contributed by atoms with Crippen molar-refractivity contribution >= 4 is 29.1 Å². The molecular weight excluding hydrogens is 233 g/mol. The van der Waals surface area contributed by atoms with Crippen LogP contribution in [0.5, 0.6) is 0 Å². The summed E-state index contributed by atoms with van der Waals surface area (Å²) in [6, 6.07) is 7.39. The Balaban J connectivity index is 2.60. The summed E-state index contributed by atoms with van der Waals surface area (Å²) in [6.07, 6.45) is 0.340. The predicted molar refractivity (Wildman–Crippen MR) is 63.3 cm³/mol. The zero-order valence-corrected chi connectivity index (χ0v) is 9.98. The normalized spacial score (nSPS) is 12.2. The molecule has 0 aromatic heterocycles. The fraction of sp³-hybridized carbons (Fsp3) is 0.364. The summed E-state index contributed by atoms with van der Waals surface area (Å²) in [5.74, 6) is 0.297. The second kappa shape index (κ2) is 5.99. The fourth-order valence-electron chi connectivity index (χ4n) is 1.26. The van der Waals surface area contributed by atoms with E-state index in [9.17, 15) is 4.79 Å². The van der Waals surface area contributed by atoms with Crippen molar-refractivity contribution in [2.24, 2.45) is 0 Å². The second-order valence-electron chi connectivity index (χ2n) is 3.28. The number of hydrogen-bond acceptors (Lipinski definition) is 1. The third-order valence-corrected chi connectivity index (χ3v) is 2.47. The number of halogens is 2. The number of benzene rings is 1. The molecule has 0 saturated heterocycles. The van der Waals surface area contributed by atoms with Gasteiger partial charge in [-0.3, -0.25) is 4.79 Å². The minimum atomic E-state index is -0.0440. The van der Waals surface area contributed by atoms with Crippen LogP contribution in [0.2, 0.25) is 5.02 Å². The molecule has 1 atom stereocenters. The lowest BCUT2D eigenvalue weighted by molar-refractivity contribution is -0.121. The van der Waals surface area contributed by atoms with E-state index in [1.165, 1.54) is 0 Å². The Morgan fingerprint density at radius 1 is 1.53 bits per heavy atom. The highest BCUT2D eigenvalue weighted by Gasteiger charge is 2.08. The smallest absolute Gasteiger partial charge is 0.221 e. The van der Waals surface area contributed by atoms with Crippen LogP contribution in [0.3, 0.4) is 0 Å². The summed E-state index contributed by atoms with van der Waals surface area (Å²) >= 11 is 11.3. The van der Waals surface area contributed by atoms with Gasteiger partial charge in [-0.2, -0.15) is 0 Å². The van der Waals surface area contributed by atoms with E-state index in [1.54, 1.807) is 6.07 Å². The lowest BCUT2D eigenvalue weighted by Gasteiger charge is -2.14. The molecule has 1 amide bonds. The topological polar surface area (TPSA) is 29.1 Å². The molecule has 0 aliphatic heterocycles. The van der Waals surface area contributed by atoms with Crippen LogP contribution in [0.1, 0.15) is 24.9 Å². The van der Waals surface area contributed by atoms with Gasteiger partial charge < -0.3 is 5.32 Å². The number of carbonyl (C=O) groups excluding carboxylic acids is 1. The minimum absolute atomic E-state index is 0.0422. The predicted octanol–water partition coefficient (Wildman–Crippen LogP) is 3.15. The van der Waals surface area contributed by atoms with Crippen LogP contribution < -0.4 is 5.32 Å². The molecule has 0 aliphatic rings. The molecule has 0 fully saturated rings. The van der Waals surface area contributed by atoms with Crippen molar-refractivity contribution in [3.05, 3.63) is 34.9 Å². The van der Waals surface area contributed by atoms with Gasteiger partial charge in [-0.1, -0.05) is 23.7 Å². The first-order valence-corrected chi connectivity index (χ1v) is 5.65. The minimum Gasteiger partial charge on any atom is -0.350 e. The van der Waals surface area contributed by atoms with Gasteiger partial charge in [0.25, 0.3) is 0 Å². The molecule has 2 nitrogen and oxygen atoms in total. The Hall–Kier alpha value is -0.730. The number of nitrogens with one attached hydrogen (secondary N) is 1. The molecule has 15 heavy (non-hydrogen) atoms. The maximum Gasteiger partial charge on any atom is 0.221 e. The lowest BCUT2D eigenvalue weighted by atomic mass is 10.1. The van der Waals surface area contributed by atoms with E-state index in [2.05, 4.69) is 5.32 Å². The number of rotatable bonds is 4. The number of carbonyl (C=O) groups is 1. The molecular formula is C11H13Cl2NO. The summed E-state index contributed by atoms with van der Waals surface area (Å²) in [5, 5.41) is 3.51. The van der Waals surface area contributed by atoms with Crippen molar-refractivity contribution in [1.82, 2.24) is 5.32 Å². The molecule has 0 saturated carbocycles. The molecule has 0 heterocycles. The van der Waals surface area contributed by atoms with Gasteiger partial charge in [0.1, 0.15) is 0 Å². The van der Waals surface area contributed by atoms with Gasteiger partial charge in [-0.15, -0.1) is 11.6 Å². The van der Waals surface area contributed by atoms with Crippen molar-refractivity contribution in [2.75, 3.05) is 5.88 Å². The lowest BCUT2D eigenvalue weighted by Crippen LogP contribution is -2.26. The largest absolute Gasteiger partial charge is 0.350 e. The average molecular weight is 246 g/mol. The Labute approximate surface area is 99.6 Å². The standard InChI is InChI=1S/C11H13Cl2NO/c1-8(14-11(15)5-6-12)9-3-2-4-10(13)7-9/h2-4,7-8H,5-6H2,1H3,(H,14,15).